The molecule has 11 nitrogen and oxygen atoms in total. The summed E-state index contributed by atoms with van der Waals surface area (Å²) < 4.78 is 63.1. The quantitative estimate of drug-likeness (QED) is 0.404. The topological polar surface area (TPSA) is 153 Å². The fraction of sp³-hybridized carbons (Fsp3) is 0.550. The van der Waals surface area contributed by atoms with Gasteiger partial charge in [0, 0.05) is 18.5 Å². The van der Waals surface area contributed by atoms with Crippen molar-refractivity contribution in [3.8, 4) is 5.75 Å². The molecule has 2 aromatic heterocycles. The van der Waals surface area contributed by atoms with Crippen molar-refractivity contribution in [2.45, 2.75) is 58.0 Å². The third kappa shape index (κ3) is 5.47. The monoisotopic (exact) mass is 533 g/mol. The first-order valence-electron chi connectivity index (χ1n) is 10.7. The third-order valence-corrected chi connectivity index (χ3v) is 9.79. The van der Waals surface area contributed by atoms with E-state index in [1.807, 2.05) is 39.8 Å². The van der Waals surface area contributed by atoms with Crippen molar-refractivity contribution in [2.75, 3.05) is 18.4 Å². The minimum atomic E-state index is -4.01. The molecule has 3 heterocycles. The molecule has 0 amide bonds. The van der Waals surface area contributed by atoms with Crippen LogP contribution >= 0.6 is 11.3 Å². The number of amidine groups is 1. The average Bonchev–Trinajstić information content (AvgIpc) is 3.37. The average molecular weight is 534 g/mol. The Labute approximate surface area is 204 Å². The van der Waals surface area contributed by atoms with E-state index in [1.165, 1.54) is 9.69 Å². The molecule has 0 aliphatic carbocycles. The molecule has 1 aliphatic heterocycles. The number of nitrogens with zero attached hydrogens (tertiary/aromatic N) is 2. The van der Waals surface area contributed by atoms with Gasteiger partial charge in [0.1, 0.15) is 17.7 Å². The summed E-state index contributed by atoms with van der Waals surface area (Å²) in [4.78, 5) is 0. The molecule has 0 radical (unpaired) electrons. The van der Waals surface area contributed by atoms with E-state index in [-0.39, 0.29) is 34.2 Å². The van der Waals surface area contributed by atoms with Gasteiger partial charge in [-0.25, -0.2) is 8.42 Å². The Morgan fingerprint density at radius 1 is 1.29 bits per heavy atom. The lowest BCUT2D eigenvalue weighted by Gasteiger charge is -2.32. The normalized spacial score (nSPS) is 19.4. The first-order valence-corrected chi connectivity index (χ1v) is 14.5. The van der Waals surface area contributed by atoms with E-state index in [0.29, 0.717) is 5.76 Å². The summed E-state index contributed by atoms with van der Waals surface area (Å²) in [6.07, 6.45) is -0.971. The van der Waals surface area contributed by atoms with Crippen LogP contribution in [0, 0.1) is 12.3 Å². The second-order valence-electron chi connectivity index (χ2n) is 8.92. The van der Waals surface area contributed by atoms with Gasteiger partial charge in [-0.15, -0.1) is 15.7 Å². The number of hydrogen-bond acceptors (Lipinski definition) is 9. The number of nitrogens with one attached hydrogen (secondary N) is 3. The van der Waals surface area contributed by atoms with Crippen molar-refractivity contribution in [1.82, 2.24) is 14.3 Å². The lowest BCUT2D eigenvalue weighted by molar-refractivity contribution is 0.226. The Hall–Kier alpha value is -1.97. The molecule has 4 N–H and O–H groups in total. The first kappa shape index (κ1) is 26.6. The maximum absolute atomic E-state index is 12.8. The SMILES string of the molecule is CCN(CC)S(=O)(=O)c1scc(NC2=NS(=O)(=O)NC2N[C@@H](c2ccc(C)o2)C(C)(C)C)c1O. The summed E-state index contributed by atoms with van der Waals surface area (Å²) in [5.41, 5.74) is -0.319. The van der Waals surface area contributed by atoms with Crippen molar-refractivity contribution >= 4 is 43.1 Å². The van der Waals surface area contributed by atoms with E-state index < -0.39 is 38.2 Å². The molecule has 2 aromatic rings. The number of thiophene rings is 1. The second kappa shape index (κ2) is 9.59. The molecular weight excluding hydrogens is 502 g/mol. The van der Waals surface area contributed by atoms with Crippen LogP contribution in [0.3, 0.4) is 0 Å². The van der Waals surface area contributed by atoms with Gasteiger partial charge in [0.2, 0.25) is 0 Å². The highest BCUT2D eigenvalue weighted by molar-refractivity contribution is 7.91. The molecule has 0 saturated heterocycles. The van der Waals surface area contributed by atoms with Gasteiger partial charge >= 0.3 is 10.2 Å². The molecular formula is C20H31N5O6S3. The van der Waals surface area contributed by atoms with E-state index in [9.17, 15) is 21.9 Å². The standard InChI is InChI=1S/C20H31N5O6S3/c1-7-25(8-2)33(27,28)19-15(26)13(11-32-19)21-17-18(24-34(29,30)23-17)22-16(20(4,5)6)14-10-9-12(3)31-14/h9-11,16,18,22,24,26H,7-8H2,1-6H3,(H,21,23)/t16-,18?/m0/s1. The zero-order valence-electron chi connectivity index (χ0n) is 19.9. The molecule has 0 aromatic carbocycles. The van der Waals surface area contributed by atoms with Crippen molar-refractivity contribution in [3.05, 3.63) is 29.0 Å². The third-order valence-electron chi connectivity index (χ3n) is 5.28. The van der Waals surface area contributed by atoms with Crippen molar-refractivity contribution in [2.24, 2.45) is 9.81 Å². The van der Waals surface area contributed by atoms with Gasteiger partial charge in [-0.05, 0) is 24.5 Å². The summed E-state index contributed by atoms with van der Waals surface area (Å²) in [5.74, 6) is 0.825. The van der Waals surface area contributed by atoms with Crippen LogP contribution in [0.15, 0.2) is 30.5 Å². The van der Waals surface area contributed by atoms with Crippen LogP contribution in [0.2, 0.25) is 0 Å². The van der Waals surface area contributed by atoms with Crippen molar-refractivity contribution < 1.29 is 26.4 Å². The number of furan rings is 1. The molecule has 1 aliphatic rings. The highest BCUT2D eigenvalue weighted by atomic mass is 32.2. The van der Waals surface area contributed by atoms with E-state index in [2.05, 4.69) is 19.8 Å². The number of sulfonamides is 1. The first-order chi connectivity index (χ1) is 15.7. The van der Waals surface area contributed by atoms with Gasteiger partial charge in [0.05, 0.1) is 11.7 Å². The van der Waals surface area contributed by atoms with Crippen LogP contribution in [0.1, 0.15) is 52.2 Å². The zero-order valence-corrected chi connectivity index (χ0v) is 22.4. The van der Waals surface area contributed by atoms with E-state index in [4.69, 9.17) is 4.42 Å². The maximum atomic E-state index is 12.8. The van der Waals surface area contributed by atoms with Crippen LogP contribution in [-0.4, -0.2) is 51.3 Å². The fourth-order valence-corrected chi connectivity index (χ4v) is 7.35. The Kier molecular flexibility index (Phi) is 7.51. The van der Waals surface area contributed by atoms with Gasteiger partial charge in [-0.2, -0.15) is 17.4 Å². The van der Waals surface area contributed by atoms with Gasteiger partial charge in [-0.1, -0.05) is 34.6 Å². The minimum absolute atomic E-state index is 0.0302. The van der Waals surface area contributed by atoms with Crippen LogP contribution in [0.4, 0.5) is 5.69 Å². The molecule has 0 saturated carbocycles. The van der Waals surface area contributed by atoms with Crippen LogP contribution in [0.5, 0.6) is 5.75 Å². The Bertz CT molecular complexity index is 1270. The summed E-state index contributed by atoms with van der Waals surface area (Å²) in [7, 11) is -7.90. The molecule has 3 rings (SSSR count). The molecule has 0 fully saturated rings. The second-order valence-corrected chi connectivity index (χ2v) is 13.3. The Morgan fingerprint density at radius 3 is 2.47 bits per heavy atom. The molecule has 14 heteroatoms. The Morgan fingerprint density at radius 2 is 1.94 bits per heavy atom. The molecule has 1 unspecified atom stereocenters. The van der Waals surface area contributed by atoms with Crippen LogP contribution in [0.25, 0.3) is 0 Å². The molecule has 2 atom stereocenters. The molecule has 34 heavy (non-hydrogen) atoms. The highest BCUT2D eigenvalue weighted by Gasteiger charge is 2.38. The van der Waals surface area contributed by atoms with Crippen molar-refractivity contribution in [1.29, 1.82) is 0 Å². The number of rotatable bonds is 8. The summed E-state index contributed by atoms with van der Waals surface area (Å²) in [6, 6.07) is 3.25. The smallest absolute Gasteiger partial charge is 0.323 e. The largest absolute Gasteiger partial charge is 0.504 e. The summed E-state index contributed by atoms with van der Waals surface area (Å²) in [6.45, 7) is 11.7. The zero-order chi connectivity index (χ0) is 25.5. The van der Waals surface area contributed by atoms with Gasteiger partial charge in [-0.3, -0.25) is 5.32 Å². The fourth-order valence-electron chi connectivity index (χ4n) is 3.58. The highest BCUT2D eigenvalue weighted by Crippen LogP contribution is 2.40. The number of aromatic hydroxyl groups is 1. The molecule has 190 valence electrons. The Balaban J connectivity index is 1.91. The maximum Gasteiger partial charge on any atom is 0.323 e. The molecule has 0 spiro atoms. The van der Waals surface area contributed by atoms with Crippen LogP contribution < -0.4 is 15.4 Å². The van der Waals surface area contributed by atoms with E-state index in [0.717, 1.165) is 17.1 Å². The number of anilines is 1. The van der Waals surface area contributed by atoms with Gasteiger partial charge in [0.25, 0.3) is 10.0 Å². The van der Waals surface area contributed by atoms with Gasteiger partial charge < -0.3 is 14.8 Å². The molecule has 0 bridgehead atoms. The van der Waals surface area contributed by atoms with Gasteiger partial charge in [0.15, 0.2) is 15.8 Å². The predicted molar refractivity (Wildman–Crippen MR) is 132 cm³/mol. The van der Waals surface area contributed by atoms with E-state index in [1.54, 1.807) is 13.8 Å². The lowest BCUT2D eigenvalue weighted by Crippen LogP contribution is -2.51. The number of hydrogen-bond donors (Lipinski definition) is 4. The van der Waals surface area contributed by atoms with Crippen LogP contribution in [-0.2, 0) is 20.2 Å². The minimum Gasteiger partial charge on any atom is -0.504 e. The van der Waals surface area contributed by atoms with Crippen molar-refractivity contribution in [3.63, 3.8) is 0 Å². The van der Waals surface area contributed by atoms with E-state index >= 15 is 0 Å². The predicted octanol–water partition coefficient (Wildman–Crippen LogP) is 2.75. The summed E-state index contributed by atoms with van der Waals surface area (Å²) >= 11 is 0.842. The lowest BCUT2D eigenvalue weighted by atomic mass is 9.85. The number of aryl methyl sites for hydroxylation is 1. The summed E-state index contributed by atoms with van der Waals surface area (Å²) in [5, 5.41) is 18.1.